The van der Waals surface area contributed by atoms with Gasteiger partial charge in [-0.3, -0.25) is 4.79 Å². The number of nitrogens with one attached hydrogen (secondary N) is 2. The van der Waals surface area contributed by atoms with E-state index in [1.54, 1.807) is 12.1 Å². The highest BCUT2D eigenvalue weighted by Gasteiger charge is 2.24. The average Bonchev–Trinajstić information content (AvgIpc) is 2.69. The van der Waals surface area contributed by atoms with Crippen molar-refractivity contribution in [2.24, 2.45) is 5.92 Å². The van der Waals surface area contributed by atoms with Crippen molar-refractivity contribution in [1.29, 1.82) is 0 Å². The number of benzene rings is 2. The van der Waals surface area contributed by atoms with Gasteiger partial charge in [0.05, 0.1) is 6.61 Å². The van der Waals surface area contributed by atoms with Crippen LogP contribution in [0.3, 0.4) is 0 Å². The highest BCUT2D eigenvalue weighted by atomic mass is 16.5. The van der Waals surface area contributed by atoms with E-state index in [4.69, 9.17) is 4.74 Å². The largest absolute Gasteiger partial charge is 0.494 e. The van der Waals surface area contributed by atoms with E-state index >= 15 is 0 Å². The third-order valence-corrected chi connectivity index (χ3v) is 4.89. The minimum Gasteiger partial charge on any atom is -0.494 e. The summed E-state index contributed by atoms with van der Waals surface area (Å²) in [6, 6.07) is 12.7. The lowest BCUT2D eigenvalue weighted by Gasteiger charge is -2.30. The first-order valence-corrected chi connectivity index (χ1v) is 10.2. The summed E-state index contributed by atoms with van der Waals surface area (Å²) in [5.41, 5.74) is 3.45. The molecule has 0 atom stereocenters. The van der Waals surface area contributed by atoms with Crippen LogP contribution in [0.5, 0.6) is 5.75 Å². The molecule has 2 N–H and O–H groups in total. The molecule has 1 heterocycles. The lowest BCUT2D eigenvalue weighted by Crippen LogP contribution is -2.36. The van der Waals surface area contributed by atoms with Crippen LogP contribution in [0, 0.1) is 5.92 Å². The number of ether oxygens (including phenoxy) is 1. The van der Waals surface area contributed by atoms with Crippen molar-refractivity contribution in [3.63, 3.8) is 0 Å². The Morgan fingerprint density at radius 2 is 1.76 bits per heavy atom. The van der Waals surface area contributed by atoms with Crippen LogP contribution >= 0.6 is 0 Å². The first-order chi connectivity index (χ1) is 14.0. The Balaban J connectivity index is 1.64. The Morgan fingerprint density at radius 1 is 1.07 bits per heavy atom. The van der Waals surface area contributed by atoms with Crippen molar-refractivity contribution in [1.82, 2.24) is 0 Å². The number of nitrogens with zero attached hydrogens (tertiary/aromatic N) is 1. The van der Waals surface area contributed by atoms with Crippen molar-refractivity contribution in [2.75, 3.05) is 28.7 Å². The zero-order valence-electron chi connectivity index (χ0n) is 17.3. The van der Waals surface area contributed by atoms with Gasteiger partial charge in [-0.2, -0.15) is 0 Å². The molecule has 0 bridgehead atoms. The van der Waals surface area contributed by atoms with Crippen LogP contribution in [0.1, 0.15) is 39.2 Å². The van der Waals surface area contributed by atoms with Gasteiger partial charge in [0.1, 0.15) is 5.75 Å². The molecular weight excluding hydrogens is 366 g/mol. The minimum absolute atomic E-state index is 0.173. The zero-order chi connectivity index (χ0) is 20.8. The van der Waals surface area contributed by atoms with Gasteiger partial charge in [0, 0.05) is 30.0 Å². The van der Waals surface area contributed by atoms with Crippen molar-refractivity contribution in [2.45, 2.75) is 40.0 Å². The topological polar surface area (TPSA) is 70.7 Å². The van der Waals surface area contributed by atoms with Crippen LogP contribution in [0.25, 0.3) is 0 Å². The molecular formula is C23H29N3O3. The number of aryl methyl sites for hydroxylation is 1. The Hall–Kier alpha value is -3.02. The van der Waals surface area contributed by atoms with Gasteiger partial charge in [-0.1, -0.05) is 13.8 Å². The second-order valence-corrected chi connectivity index (χ2v) is 7.61. The second kappa shape index (κ2) is 9.45. The number of anilines is 3. The van der Waals surface area contributed by atoms with E-state index in [9.17, 15) is 9.59 Å². The molecule has 0 spiro atoms. The molecule has 154 valence electrons. The molecule has 0 saturated heterocycles. The fourth-order valence-corrected chi connectivity index (χ4v) is 3.36. The van der Waals surface area contributed by atoms with E-state index in [0.717, 1.165) is 30.0 Å². The molecule has 29 heavy (non-hydrogen) atoms. The van der Waals surface area contributed by atoms with Crippen LogP contribution in [-0.2, 0) is 11.2 Å². The molecule has 0 radical (unpaired) electrons. The van der Waals surface area contributed by atoms with Crippen molar-refractivity contribution < 1.29 is 14.3 Å². The number of hydrogen-bond donors (Lipinski definition) is 2. The first-order valence-electron chi connectivity index (χ1n) is 10.2. The Kier molecular flexibility index (Phi) is 6.75. The summed E-state index contributed by atoms with van der Waals surface area (Å²) in [6.45, 7) is 7.58. The normalized spacial score (nSPS) is 13.2. The van der Waals surface area contributed by atoms with Crippen LogP contribution < -0.4 is 20.3 Å². The third kappa shape index (κ3) is 5.50. The van der Waals surface area contributed by atoms with E-state index in [1.165, 1.54) is 0 Å². The molecule has 0 aromatic heterocycles. The molecule has 1 aliphatic heterocycles. The summed E-state index contributed by atoms with van der Waals surface area (Å²) in [6.07, 6.45) is 2.17. The van der Waals surface area contributed by atoms with Gasteiger partial charge in [-0.05, 0) is 73.7 Å². The molecule has 0 unspecified atom stereocenters. The van der Waals surface area contributed by atoms with Crippen molar-refractivity contribution >= 4 is 29.0 Å². The van der Waals surface area contributed by atoms with E-state index in [0.29, 0.717) is 36.7 Å². The maximum Gasteiger partial charge on any atom is 0.323 e. The summed E-state index contributed by atoms with van der Waals surface area (Å²) in [7, 11) is 0. The maximum atomic E-state index is 12.3. The van der Waals surface area contributed by atoms with Gasteiger partial charge in [0.2, 0.25) is 5.91 Å². The van der Waals surface area contributed by atoms with Crippen LogP contribution in [0.15, 0.2) is 42.5 Å². The monoisotopic (exact) mass is 395 g/mol. The zero-order valence-corrected chi connectivity index (χ0v) is 17.3. The third-order valence-electron chi connectivity index (χ3n) is 4.89. The standard InChI is InChI=1S/C23H29N3O3/c1-4-29-20-9-6-18(7-10-20)24-23(28)25-19-8-11-21-17(15-19)5-12-22(27)26(21)14-13-16(2)3/h6-11,15-16H,4-5,12-14H2,1-3H3,(H2,24,25,28). The van der Waals surface area contributed by atoms with E-state index in [1.807, 2.05) is 42.2 Å². The first kappa shape index (κ1) is 20.7. The molecule has 2 aromatic rings. The molecule has 0 aliphatic carbocycles. The number of amides is 3. The molecule has 1 aliphatic rings. The molecule has 3 rings (SSSR count). The molecule has 0 saturated carbocycles. The number of carbonyl (C=O) groups excluding carboxylic acids is 2. The fourth-order valence-electron chi connectivity index (χ4n) is 3.36. The summed E-state index contributed by atoms with van der Waals surface area (Å²) in [5.74, 6) is 1.48. The molecule has 0 fully saturated rings. The van der Waals surface area contributed by atoms with Crippen LogP contribution in [0.4, 0.5) is 21.9 Å². The number of carbonyl (C=O) groups is 2. The lowest BCUT2D eigenvalue weighted by atomic mass is 9.99. The number of fused-ring (bicyclic) bond motifs is 1. The highest BCUT2D eigenvalue weighted by Crippen LogP contribution is 2.31. The predicted molar refractivity (Wildman–Crippen MR) is 117 cm³/mol. The SMILES string of the molecule is CCOc1ccc(NC(=O)Nc2ccc3c(c2)CCC(=O)N3CCC(C)C)cc1. The summed E-state index contributed by atoms with van der Waals surface area (Å²) < 4.78 is 5.40. The van der Waals surface area contributed by atoms with Gasteiger partial charge in [-0.25, -0.2) is 4.79 Å². The number of hydrogen-bond acceptors (Lipinski definition) is 3. The van der Waals surface area contributed by atoms with Crippen molar-refractivity contribution in [3.05, 3.63) is 48.0 Å². The maximum absolute atomic E-state index is 12.3. The summed E-state index contributed by atoms with van der Waals surface area (Å²) in [4.78, 5) is 26.6. The number of rotatable bonds is 7. The second-order valence-electron chi connectivity index (χ2n) is 7.61. The summed E-state index contributed by atoms with van der Waals surface area (Å²) >= 11 is 0. The smallest absolute Gasteiger partial charge is 0.323 e. The van der Waals surface area contributed by atoms with Gasteiger partial charge in [0.15, 0.2) is 0 Å². The predicted octanol–water partition coefficient (Wildman–Crippen LogP) is 5.05. The number of urea groups is 1. The van der Waals surface area contributed by atoms with Gasteiger partial charge < -0.3 is 20.3 Å². The lowest BCUT2D eigenvalue weighted by molar-refractivity contribution is -0.118. The van der Waals surface area contributed by atoms with Gasteiger partial charge in [0.25, 0.3) is 0 Å². The van der Waals surface area contributed by atoms with Gasteiger partial charge in [-0.15, -0.1) is 0 Å². The van der Waals surface area contributed by atoms with E-state index in [2.05, 4.69) is 24.5 Å². The van der Waals surface area contributed by atoms with Crippen LogP contribution in [-0.4, -0.2) is 25.1 Å². The van der Waals surface area contributed by atoms with Crippen LogP contribution in [0.2, 0.25) is 0 Å². The Bertz CT molecular complexity index is 862. The molecule has 6 heteroatoms. The Labute approximate surface area is 172 Å². The molecule has 3 amide bonds. The molecule has 6 nitrogen and oxygen atoms in total. The van der Waals surface area contributed by atoms with E-state index in [-0.39, 0.29) is 11.9 Å². The Morgan fingerprint density at radius 3 is 2.45 bits per heavy atom. The quantitative estimate of drug-likeness (QED) is 0.689. The van der Waals surface area contributed by atoms with Gasteiger partial charge >= 0.3 is 6.03 Å². The fraction of sp³-hybridized carbons (Fsp3) is 0.391. The van der Waals surface area contributed by atoms with Crippen molar-refractivity contribution in [3.8, 4) is 5.75 Å². The summed E-state index contributed by atoms with van der Waals surface area (Å²) in [5, 5.41) is 5.69. The highest BCUT2D eigenvalue weighted by molar-refractivity contribution is 6.01. The molecule has 2 aromatic carbocycles. The average molecular weight is 396 g/mol. The van der Waals surface area contributed by atoms with E-state index < -0.39 is 0 Å². The minimum atomic E-state index is -0.308.